The Hall–Kier alpha value is -3.41. The van der Waals surface area contributed by atoms with Gasteiger partial charge in [-0.1, -0.05) is 56.7 Å². The fourth-order valence-electron chi connectivity index (χ4n) is 10.6. The molecule has 73 heavy (non-hydrogen) atoms. The molecule has 19 nitrogen and oxygen atoms in total. The predicted octanol–water partition coefficient (Wildman–Crippen LogP) is 4.28. The number of ether oxygens (including phenoxy) is 11. The number of carbonyl (C=O) groups excluding carboxylic acids is 3. The molecule has 19 heteroatoms. The second kappa shape index (κ2) is 27.6. The molecule has 4 N–H and O–H groups in total. The fourth-order valence-corrected chi connectivity index (χ4v) is 10.6. The van der Waals surface area contributed by atoms with E-state index in [0.717, 1.165) is 0 Å². The molecule has 1 aromatic rings. The Morgan fingerprint density at radius 3 is 2.14 bits per heavy atom. The fraction of sp³-hybridized carbons (Fsp3) is 0.759. The first kappa shape index (κ1) is 60.5. The van der Waals surface area contributed by atoms with Crippen LogP contribution in [0.15, 0.2) is 54.1 Å². The Kier molecular flexibility index (Phi) is 22.8. The zero-order valence-electron chi connectivity index (χ0n) is 45.1. The molecule has 0 aromatic heterocycles. The van der Waals surface area contributed by atoms with Gasteiger partial charge in [0.1, 0.15) is 42.4 Å². The number of methoxy groups -OCH3 is 2. The maximum absolute atomic E-state index is 14.2. The number of allylic oxidation sites excluding steroid dienone is 3. The average Bonchev–Trinajstić information content (AvgIpc) is 3.33. The van der Waals surface area contributed by atoms with Crippen LogP contribution >= 0.6 is 0 Å². The van der Waals surface area contributed by atoms with Gasteiger partial charge in [-0.3, -0.25) is 14.4 Å². The van der Waals surface area contributed by atoms with Gasteiger partial charge in [0.15, 0.2) is 30.8 Å². The van der Waals surface area contributed by atoms with Crippen LogP contribution < -0.4 is 4.74 Å². The van der Waals surface area contributed by atoms with E-state index < -0.39 is 146 Å². The maximum Gasteiger partial charge on any atom is 0.308 e. The zero-order valence-corrected chi connectivity index (χ0v) is 45.1. The lowest BCUT2D eigenvalue weighted by Gasteiger charge is -2.50. The maximum atomic E-state index is 14.2. The van der Waals surface area contributed by atoms with Crippen molar-refractivity contribution in [2.24, 2.45) is 23.7 Å². The lowest BCUT2D eigenvalue weighted by molar-refractivity contribution is -0.342. The number of nitrogens with zero attached hydrogens (tertiary/aromatic N) is 1. The van der Waals surface area contributed by atoms with Gasteiger partial charge in [0.2, 0.25) is 0 Å². The minimum Gasteiger partial charge on any atom is -0.494 e. The highest BCUT2D eigenvalue weighted by molar-refractivity contribution is 5.91. The number of likely N-dealkylation sites (N-methyl/N-ethyl adjacent to an activating group) is 1. The molecular weight excluding hydrogens is 951 g/mol. The molecule has 1 aromatic carbocycles. The van der Waals surface area contributed by atoms with Crippen molar-refractivity contribution in [3.63, 3.8) is 0 Å². The number of hydrogen-bond acceptors (Lipinski definition) is 19. The van der Waals surface area contributed by atoms with Gasteiger partial charge < -0.3 is 77.4 Å². The summed E-state index contributed by atoms with van der Waals surface area (Å²) in [5.41, 5.74) is -0.812. The third kappa shape index (κ3) is 16.1. The first-order valence-electron chi connectivity index (χ1n) is 25.8. The molecule has 0 unspecified atom stereocenters. The number of ketones is 1. The molecular formula is C54H85NO18. The number of para-hydroxylation sites is 1. The molecule has 3 saturated heterocycles. The molecule has 5 rings (SSSR count). The topological polar surface area (TPSA) is 237 Å². The van der Waals surface area contributed by atoms with Gasteiger partial charge in [-0.2, -0.15) is 0 Å². The Labute approximate surface area is 431 Å². The first-order chi connectivity index (χ1) is 34.5. The summed E-state index contributed by atoms with van der Waals surface area (Å²) in [7, 11) is 6.54. The van der Waals surface area contributed by atoms with E-state index in [1.54, 1.807) is 47.9 Å². The highest BCUT2D eigenvalue weighted by Gasteiger charge is 2.53. The summed E-state index contributed by atoms with van der Waals surface area (Å²) in [5, 5.41) is 44.7. The van der Waals surface area contributed by atoms with Gasteiger partial charge in [-0.25, -0.2) is 0 Å². The van der Waals surface area contributed by atoms with Crippen molar-refractivity contribution in [3.8, 4) is 5.75 Å². The first-order valence-corrected chi connectivity index (χ1v) is 25.8. The molecule has 4 aliphatic rings. The van der Waals surface area contributed by atoms with Crippen LogP contribution in [0.4, 0.5) is 0 Å². The Balaban J connectivity index is 1.50. The summed E-state index contributed by atoms with van der Waals surface area (Å²) in [6.45, 7) is 15.4. The van der Waals surface area contributed by atoms with Crippen LogP contribution in [0.3, 0.4) is 0 Å². The van der Waals surface area contributed by atoms with Crippen molar-refractivity contribution in [1.29, 1.82) is 0 Å². The summed E-state index contributed by atoms with van der Waals surface area (Å²) in [6.07, 6.45) is -8.34. The number of carbonyl (C=O) groups is 3. The smallest absolute Gasteiger partial charge is 0.308 e. The molecule has 0 spiro atoms. The van der Waals surface area contributed by atoms with Crippen LogP contribution in [0, 0.1) is 23.7 Å². The number of benzene rings is 1. The molecule has 0 aliphatic carbocycles. The number of esters is 2. The normalized spacial score (nSPS) is 41.6. The Morgan fingerprint density at radius 1 is 0.849 bits per heavy atom. The Bertz CT molecular complexity index is 1950. The molecule has 0 radical (unpaired) electrons. The van der Waals surface area contributed by atoms with Crippen LogP contribution in [-0.2, 0) is 61.8 Å². The standard InChI is InChI=1S/C54H85NO18/c1-14-41-37(28-66-52-50(64-13)49(63-12)45(60)32(5)68-52)24-29(2)20-21-39(57)30(3)25-36(22-23-65-38-18-16-15-17-19-38)46(31(4)40(58)26-42(59)71-41)73-53-48(70-35(8)56)44(55(10)11)47(33(6)69-53)72-43-27-54(9,62)51(61)34(7)67-43/h15-21,24,30-34,36-37,40-41,43-53,58,60-62H,14,22-23,25-28H2,1-13H3/b21-20+,29-24+/t30-,31+,32-,33-,34+,36+,37-,40-,41-,43+,44+,45-,46-,47-,48-,49-,50-,51+,52-,53+,54-/m1/s1. The highest BCUT2D eigenvalue weighted by atomic mass is 16.7. The number of cyclic esters (lactones) is 1. The summed E-state index contributed by atoms with van der Waals surface area (Å²) < 4.78 is 68.4. The van der Waals surface area contributed by atoms with Crippen LogP contribution in [0.5, 0.6) is 5.75 Å². The molecule has 3 fully saturated rings. The van der Waals surface area contributed by atoms with Crippen LogP contribution in [-0.4, -0.2) is 188 Å². The van der Waals surface area contributed by atoms with E-state index in [2.05, 4.69) is 0 Å². The molecule has 0 bridgehead atoms. The monoisotopic (exact) mass is 1040 g/mol. The lowest BCUT2D eigenvalue weighted by atomic mass is 9.79. The second-order valence-electron chi connectivity index (χ2n) is 20.9. The van der Waals surface area contributed by atoms with Crippen molar-refractivity contribution in [3.05, 3.63) is 54.1 Å². The van der Waals surface area contributed by atoms with Crippen LogP contribution in [0.2, 0.25) is 0 Å². The van der Waals surface area contributed by atoms with Crippen LogP contribution in [0.1, 0.15) is 94.4 Å². The SMILES string of the molecule is CC[C@H]1OC(=O)C[C@@H](O)[C@H](C)[C@@H](O[C@@H]2O[C@H](C)[C@@H](O[C@H]3C[C@@](C)(O)[C@@H](O)[C@H](C)O3)[C@H](N(C)C)[C@H]2OC(C)=O)[C@@H](CCOc2ccccc2)C[C@@H](C)C(=O)/C=C/C(C)=C/[C@@H]1CO[C@@H]1O[C@H](C)[C@@H](O)[C@@H](OC)[C@H]1OC. The molecule has 0 amide bonds. The highest BCUT2D eigenvalue weighted by Crippen LogP contribution is 2.39. The Morgan fingerprint density at radius 2 is 1.52 bits per heavy atom. The quantitative estimate of drug-likeness (QED) is 0.169. The lowest BCUT2D eigenvalue weighted by Crippen LogP contribution is -2.66. The van der Waals surface area contributed by atoms with Gasteiger partial charge >= 0.3 is 11.9 Å². The minimum atomic E-state index is -1.52. The largest absolute Gasteiger partial charge is 0.494 e. The zero-order chi connectivity index (χ0) is 53.9. The second-order valence-corrected chi connectivity index (χ2v) is 20.9. The van der Waals surface area contributed by atoms with E-state index >= 15 is 0 Å². The van der Waals surface area contributed by atoms with Crippen molar-refractivity contribution in [2.75, 3.05) is 41.5 Å². The van der Waals surface area contributed by atoms with Crippen LogP contribution in [0.25, 0.3) is 0 Å². The van der Waals surface area contributed by atoms with Crippen molar-refractivity contribution >= 4 is 17.7 Å². The van der Waals surface area contributed by atoms with Crippen molar-refractivity contribution < 1.29 is 86.9 Å². The summed E-state index contributed by atoms with van der Waals surface area (Å²) in [5.74, 6) is -3.29. The van der Waals surface area contributed by atoms with Gasteiger partial charge in [0, 0.05) is 45.3 Å². The van der Waals surface area contributed by atoms with Gasteiger partial charge in [-0.15, -0.1) is 0 Å². The average molecular weight is 1040 g/mol. The molecule has 4 heterocycles. The summed E-state index contributed by atoms with van der Waals surface area (Å²) in [4.78, 5) is 43.2. The van der Waals surface area contributed by atoms with E-state index in [1.807, 2.05) is 62.1 Å². The minimum absolute atomic E-state index is 0.00735. The van der Waals surface area contributed by atoms with E-state index in [4.69, 9.17) is 52.1 Å². The molecule has 4 aliphatic heterocycles. The number of rotatable bonds is 16. The molecule has 414 valence electrons. The third-order valence-electron chi connectivity index (χ3n) is 14.8. The number of aliphatic hydroxyl groups is 4. The third-order valence-corrected chi connectivity index (χ3v) is 14.8. The van der Waals surface area contributed by atoms with Gasteiger partial charge in [0.25, 0.3) is 0 Å². The van der Waals surface area contributed by atoms with Crippen molar-refractivity contribution in [2.45, 2.75) is 198 Å². The summed E-state index contributed by atoms with van der Waals surface area (Å²) in [6, 6.07) is 8.56. The number of aliphatic hydroxyl groups excluding tert-OH is 3. The molecule has 21 atom stereocenters. The van der Waals surface area contributed by atoms with Gasteiger partial charge in [0.05, 0.1) is 61.8 Å². The van der Waals surface area contributed by atoms with E-state index in [9.17, 15) is 34.8 Å². The van der Waals surface area contributed by atoms with E-state index in [-0.39, 0.29) is 31.8 Å². The predicted molar refractivity (Wildman–Crippen MR) is 266 cm³/mol. The van der Waals surface area contributed by atoms with E-state index in [0.29, 0.717) is 24.2 Å². The van der Waals surface area contributed by atoms with E-state index in [1.165, 1.54) is 34.1 Å². The molecule has 0 saturated carbocycles. The van der Waals surface area contributed by atoms with Gasteiger partial charge in [-0.05, 0) is 92.1 Å². The van der Waals surface area contributed by atoms with Crippen molar-refractivity contribution in [1.82, 2.24) is 4.90 Å². The summed E-state index contributed by atoms with van der Waals surface area (Å²) >= 11 is 0. The number of hydrogen-bond donors (Lipinski definition) is 4.